The molecule has 0 bridgehead atoms. The topological polar surface area (TPSA) is 74.7 Å². The molecule has 1 heterocycles. The van der Waals surface area contributed by atoms with Crippen LogP contribution in [0.3, 0.4) is 0 Å². The van der Waals surface area contributed by atoms with Crippen molar-refractivity contribution >= 4 is 29.5 Å². The van der Waals surface area contributed by atoms with E-state index in [1.54, 1.807) is 0 Å². The first-order valence-corrected chi connectivity index (χ1v) is 8.49. The minimum Gasteiger partial charge on any atom is -0.480 e. The zero-order chi connectivity index (χ0) is 14.8. The van der Waals surface area contributed by atoms with E-state index in [1.165, 1.54) is 11.8 Å². The lowest BCUT2D eigenvalue weighted by Gasteiger charge is -2.31. The molecule has 112 valence electrons. The maximum atomic E-state index is 12.6. The van der Waals surface area contributed by atoms with E-state index in [2.05, 4.69) is 0 Å². The molecule has 2 rings (SSSR count). The SMILES string of the molecule is CSCCC(C(=O)O)N1C(=O)CC2(CCCCC2)C1=O. The number of nitrogens with zero attached hydrogens (tertiary/aromatic N) is 1. The summed E-state index contributed by atoms with van der Waals surface area (Å²) >= 11 is 1.52. The average molecular weight is 299 g/mol. The summed E-state index contributed by atoms with van der Waals surface area (Å²) in [6.45, 7) is 0. The van der Waals surface area contributed by atoms with Gasteiger partial charge >= 0.3 is 5.97 Å². The summed E-state index contributed by atoms with van der Waals surface area (Å²) in [4.78, 5) is 37.3. The zero-order valence-corrected chi connectivity index (χ0v) is 12.6. The molecule has 2 amide bonds. The number of imide groups is 1. The molecule has 1 saturated carbocycles. The predicted molar refractivity (Wildman–Crippen MR) is 76.4 cm³/mol. The molecule has 1 unspecified atom stereocenters. The fraction of sp³-hybridized carbons (Fsp3) is 0.786. The molecule has 1 aliphatic carbocycles. The molecular weight excluding hydrogens is 278 g/mol. The van der Waals surface area contributed by atoms with Gasteiger partial charge in [-0.1, -0.05) is 19.3 Å². The Morgan fingerprint density at radius 2 is 2.00 bits per heavy atom. The summed E-state index contributed by atoms with van der Waals surface area (Å²) < 4.78 is 0. The van der Waals surface area contributed by atoms with Crippen LogP contribution in [0.25, 0.3) is 0 Å². The van der Waals surface area contributed by atoms with E-state index in [0.717, 1.165) is 37.0 Å². The van der Waals surface area contributed by atoms with Gasteiger partial charge < -0.3 is 5.11 Å². The Morgan fingerprint density at radius 1 is 1.35 bits per heavy atom. The van der Waals surface area contributed by atoms with Gasteiger partial charge in [-0.05, 0) is 31.3 Å². The molecule has 0 aromatic heterocycles. The number of likely N-dealkylation sites (tertiary alicyclic amines) is 1. The molecule has 20 heavy (non-hydrogen) atoms. The minimum atomic E-state index is -1.08. The highest BCUT2D eigenvalue weighted by molar-refractivity contribution is 7.98. The van der Waals surface area contributed by atoms with Gasteiger partial charge in [-0.3, -0.25) is 14.5 Å². The fourth-order valence-electron chi connectivity index (χ4n) is 3.35. The second-order valence-corrected chi connectivity index (χ2v) is 6.71. The maximum absolute atomic E-state index is 12.6. The van der Waals surface area contributed by atoms with Crippen LogP contribution in [0.4, 0.5) is 0 Å². The lowest BCUT2D eigenvalue weighted by Crippen LogP contribution is -2.47. The Labute approximate surface area is 123 Å². The lowest BCUT2D eigenvalue weighted by atomic mass is 9.73. The van der Waals surface area contributed by atoms with Crippen LogP contribution < -0.4 is 0 Å². The molecule has 1 atom stereocenters. The summed E-state index contributed by atoms with van der Waals surface area (Å²) in [5.41, 5.74) is -0.595. The number of carboxylic acid groups (broad SMARTS) is 1. The van der Waals surface area contributed by atoms with Gasteiger partial charge in [0.2, 0.25) is 11.8 Å². The molecule has 2 fully saturated rings. The van der Waals surface area contributed by atoms with Crippen LogP contribution in [0.15, 0.2) is 0 Å². The van der Waals surface area contributed by atoms with Gasteiger partial charge in [0.25, 0.3) is 0 Å². The van der Waals surface area contributed by atoms with E-state index in [0.29, 0.717) is 12.2 Å². The van der Waals surface area contributed by atoms with Gasteiger partial charge in [-0.2, -0.15) is 11.8 Å². The van der Waals surface area contributed by atoms with Crippen LogP contribution in [0, 0.1) is 5.41 Å². The molecular formula is C14H21NO4S. The summed E-state index contributed by atoms with van der Waals surface area (Å²) in [5, 5.41) is 9.33. The Kier molecular flexibility index (Phi) is 4.73. The van der Waals surface area contributed by atoms with Crippen LogP contribution >= 0.6 is 11.8 Å². The molecule has 0 aromatic carbocycles. The molecule has 5 nitrogen and oxygen atoms in total. The molecule has 1 N–H and O–H groups in total. The van der Waals surface area contributed by atoms with E-state index >= 15 is 0 Å². The normalized spacial score (nSPS) is 23.4. The zero-order valence-electron chi connectivity index (χ0n) is 11.8. The highest BCUT2D eigenvalue weighted by atomic mass is 32.2. The van der Waals surface area contributed by atoms with E-state index in [-0.39, 0.29) is 18.2 Å². The third-order valence-electron chi connectivity index (χ3n) is 4.43. The molecule has 6 heteroatoms. The van der Waals surface area contributed by atoms with Gasteiger partial charge in [0.1, 0.15) is 6.04 Å². The molecule has 1 aliphatic heterocycles. The first-order chi connectivity index (χ1) is 9.52. The Balaban J connectivity index is 2.20. The third-order valence-corrected chi connectivity index (χ3v) is 5.08. The Morgan fingerprint density at radius 3 is 2.55 bits per heavy atom. The largest absolute Gasteiger partial charge is 0.480 e. The number of amides is 2. The van der Waals surface area contributed by atoms with Crippen molar-refractivity contribution in [2.45, 2.75) is 51.0 Å². The van der Waals surface area contributed by atoms with Crippen molar-refractivity contribution in [1.29, 1.82) is 0 Å². The predicted octanol–water partition coefficient (Wildman–Crippen LogP) is 1.90. The quantitative estimate of drug-likeness (QED) is 0.785. The molecule has 0 aromatic rings. The summed E-state index contributed by atoms with van der Waals surface area (Å²) in [6, 6.07) is -0.997. The van der Waals surface area contributed by atoms with Gasteiger partial charge in [0.05, 0.1) is 5.41 Å². The van der Waals surface area contributed by atoms with Crippen LogP contribution in [0.5, 0.6) is 0 Å². The molecule has 1 saturated heterocycles. The van der Waals surface area contributed by atoms with Crippen molar-refractivity contribution in [1.82, 2.24) is 4.90 Å². The van der Waals surface area contributed by atoms with Gasteiger partial charge in [-0.25, -0.2) is 4.79 Å². The lowest BCUT2D eigenvalue weighted by molar-refractivity contribution is -0.156. The maximum Gasteiger partial charge on any atom is 0.326 e. The van der Waals surface area contributed by atoms with Crippen molar-refractivity contribution in [3.8, 4) is 0 Å². The highest BCUT2D eigenvalue weighted by Gasteiger charge is 2.54. The van der Waals surface area contributed by atoms with Gasteiger partial charge in [-0.15, -0.1) is 0 Å². The second kappa shape index (κ2) is 6.16. The minimum absolute atomic E-state index is 0.203. The van der Waals surface area contributed by atoms with Gasteiger partial charge in [0.15, 0.2) is 0 Å². The monoisotopic (exact) mass is 299 g/mol. The third kappa shape index (κ3) is 2.71. The molecule has 1 spiro atoms. The van der Waals surface area contributed by atoms with Crippen LogP contribution in [-0.2, 0) is 14.4 Å². The molecule has 2 aliphatic rings. The van der Waals surface area contributed by atoms with Crippen molar-refractivity contribution in [2.24, 2.45) is 5.41 Å². The fourth-order valence-corrected chi connectivity index (χ4v) is 3.81. The van der Waals surface area contributed by atoms with Crippen LogP contribution in [0.2, 0.25) is 0 Å². The number of hydrogen-bond acceptors (Lipinski definition) is 4. The number of carbonyl (C=O) groups is 3. The second-order valence-electron chi connectivity index (χ2n) is 5.72. The Hall–Kier alpha value is -1.04. The summed E-state index contributed by atoms with van der Waals surface area (Å²) in [5.74, 6) is -0.990. The highest BCUT2D eigenvalue weighted by Crippen LogP contribution is 2.46. The number of aliphatic carboxylic acids is 1. The summed E-state index contributed by atoms with van der Waals surface area (Å²) in [6.07, 6.45) is 6.86. The number of thioether (sulfide) groups is 1. The van der Waals surface area contributed by atoms with E-state index in [9.17, 15) is 19.5 Å². The van der Waals surface area contributed by atoms with Crippen molar-refractivity contribution in [3.05, 3.63) is 0 Å². The van der Waals surface area contributed by atoms with E-state index < -0.39 is 17.4 Å². The number of carboxylic acids is 1. The smallest absolute Gasteiger partial charge is 0.326 e. The first kappa shape index (κ1) is 15.4. The number of rotatable bonds is 5. The Bertz CT molecular complexity index is 417. The molecule has 0 radical (unpaired) electrons. The standard InChI is InChI=1S/C14H21NO4S/c1-20-8-5-10(12(17)18)15-11(16)9-14(13(15)19)6-3-2-4-7-14/h10H,2-9H2,1H3,(H,17,18). The average Bonchev–Trinajstić information content (AvgIpc) is 2.64. The van der Waals surface area contributed by atoms with E-state index in [1.807, 2.05) is 6.26 Å². The van der Waals surface area contributed by atoms with Crippen LogP contribution in [0.1, 0.15) is 44.9 Å². The number of carbonyl (C=O) groups excluding carboxylic acids is 2. The van der Waals surface area contributed by atoms with Crippen molar-refractivity contribution < 1.29 is 19.5 Å². The van der Waals surface area contributed by atoms with Gasteiger partial charge in [0, 0.05) is 6.42 Å². The van der Waals surface area contributed by atoms with E-state index in [4.69, 9.17) is 0 Å². The van der Waals surface area contributed by atoms with Crippen molar-refractivity contribution in [3.63, 3.8) is 0 Å². The first-order valence-electron chi connectivity index (χ1n) is 7.10. The number of hydrogen-bond donors (Lipinski definition) is 1. The van der Waals surface area contributed by atoms with Crippen LogP contribution in [-0.4, -0.2) is 45.8 Å². The van der Waals surface area contributed by atoms with Crippen molar-refractivity contribution in [2.75, 3.05) is 12.0 Å². The summed E-state index contributed by atoms with van der Waals surface area (Å²) in [7, 11) is 0.